The maximum absolute atomic E-state index is 12.4. The number of amides is 2. The number of hydrogen-bond donors (Lipinski definition) is 2. The lowest BCUT2D eigenvalue weighted by atomic mass is 10.2. The highest BCUT2D eigenvalue weighted by Crippen LogP contribution is 2.29. The molecule has 3 rings (SSSR count). The van der Waals surface area contributed by atoms with E-state index in [2.05, 4.69) is 10.6 Å². The van der Waals surface area contributed by atoms with Crippen LogP contribution in [-0.2, 0) is 4.79 Å². The van der Waals surface area contributed by atoms with E-state index in [0.29, 0.717) is 29.1 Å². The van der Waals surface area contributed by atoms with Crippen LogP contribution in [0.15, 0.2) is 52.9 Å². The molecule has 0 bridgehead atoms. The minimum atomic E-state index is -0.375. The van der Waals surface area contributed by atoms with Crippen molar-refractivity contribution >= 4 is 34.2 Å². The first-order valence-corrected chi connectivity index (χ1v) is 7.88. The van der Waals surface area contributed by atoms with E-state index in [0.717, 1.165) is 5.39 Å². The van der Waals surface area contributed by atoms with Crippen LogP contribution >= 0.6 is 0 Å². The van der Waals surface area contributed by atoms with Crippen molar-refractivity contribution < 1.29 is 18.7 Å². The predicted molar refractivity (Wildman–Crippen MR) is 96.1 cm³/mol. The van der Waals surface area contributed by atoms with E-state index in [-0.39, 0.29) is 17.6 Å². The summed E-state index contributed by atoms with van der Waals surface area (Å²) in [5, 5.41) is 6.37. The molecule has 0 saturated heterocycles. The molecule has 0 aliphatic carbocycles. The highest BCUT2D eigenvalue weighted by atomic mass is 16.5. The Hall–Kier alpha value is -3.28. The van der Waals surface area contributed by atoms with Gasteiger partial charge in [0, 0.05) is 23.6 Å². The summed E-state index contributed by atoms with van der Waals surface area (Å²) in [6.07, 6.45) is 0.382. The molecule has 0 saturated carbocycles. The molecule has 2 aromatic carbocycles. The van der Waals surface area contributed by atoms with Crippen LogP contribution in [0, 0.1) is 0 Å². The van der Waals surface area contributed by atoms with Gasteiger partial charge in [0.25, 0.3) is 5.91 Å². The van der Waals surface area contributed by atoms with Crippen LogP contribution in [0.4, 0.5) is 11.4 Å². The molecule has 0 unspecified atom stereocenters. The molecule has 2 amide bonds. The largest absolute Gasteiger partial charge is 0.494 e. The number of benzene rings is 2. The van der Waals surface area contributed by atoms with E-state index in [9.17, 15) is 9.59 Å². The average Bonchev–Trinajstić information content (AvgIpc) is 3.07. The van der Waals surface area contributed by atoms with Crippen molar-refractivity contribution in [2.45, 2.75) is 13.3 Å². The van der Waals surface area contributed by atoms with Crippen molar-refractivity contribution in [1.82, 2.24) is 0 Å². The van der Waals surface area contributed by atoms with E-state index in [1.165, 1.54) is 7.11 Å². The Labute approximate surface area is 144 Å². The van der Waals surface area contributed by atoms with Crippen LogP contribution in [0.3, 0.4) is 0 Å². The maximum atomic E-state index is 12.4. The summed E-state index contributed by atoms with van der Waals surface area (Å²) in [6.45, 7) is 1.77. The molecule has 0 aliphatic heterocycles. The Morgan fingerprint density at radius 3 is 2.60 bits per heavy atom. The van der Waals surface area contributed by atoms with Crippen molar-refractivity contribution in [1.29, 1.82) is 0 Å². The SMILES string of the molecule is CCC(=O)Nc1ccc(NC(=O)c2cc3ccccc3o2)c(OC)c1. The lowest BCUT2D eigenvalue weighted by Gasteiger charge is -2.11. The van der Waals surface area contributed by atoms with Crippen LogP contribution in [0.1, 0.15) is 23.9 Å². The molecule has 0 radical (unpaired) electrons. The molecule has 0 fully saturated rings. The fraction of sp³-hybridized carbons (Fsp3) is 0.158. The Morgan fingerprint density at radius 1 is 1.08 bits per heavy atom. The van der Waals surface area contributed by atoms with Gasteiger partial charge in [-0.2, -0.15) is 0 Å². The standard InChI is InChI=1S/C19H18N2O4/c1-3-18(22)20-13-8-9-14(16(11-13)24-2)21-19(23)17-10-12-6-4-5-7-15(12)25-17/h4-11H,3H2,1-2H3,(H,20,22)(H,21,23). The van der Waals surface area contributed by atoms with Gasteiger partial charge in [0.15, 0.2) is 5.76 Å². The van der Waals surface area contributed by atoms with Gasteiger partial charge < -0.3 is 19.8 Å². The number of para-hydroxylation sites is 1. The summed E-state index contributed by atoms with van der Waals surface area (Å²) in [6, 6.07) is 14.1. The fourth-order valence-corrected chi connectivity index (χ4v) is 2.40. The molecule has 1 heterocycles. The Balaban J connectivity index is 1.81. The number of ether oxygens (including phenoxy) is 1. The molecule has 0 aliphatic rings. The second-order valence-corrected chi connectivity index (χ2v) is 5.42. The van der Waals surface area contributed by atoms with Crippen molar-refractivity contribution in [3.8, 4) is 5.75 Å². The van der Waals surface area contributed by atoms with Gasteiger partial charge in [0.2, 0.25) is 5.91 Å². The third-order valence-electron chi connectivity index (χ3n) is 3.70. The van der Waals surface area contributed by atoms with Gasteiger partial charge in [-0.25, -0.2) is 0 Å². The molecule has 6 nitrogen and oxygen atoms in total. The zero-order valence-electron chi connectivity index (χ0n) is 14.0. The molecule has 25 heavy (non-hydrogen) atoms. The van der Waals surface area contributed by atoms with Crippen LogP contribution in [0.2, 0.25) is 0 Å². The van der Waals surface area contributed by atoms with Gasteiger partial charge in [-0.1, -0.05) is 25.1 Å². The van der Waals surface area contributed by atoms with Crippen molar-refractivity contribution in [3.63, 3.8) is 0 Å². The second kappa shape index (κ2) is 7.09. The normalized spacial score (nSPS) is 10.5. The topological polar surface area (TPSA) is 80.6 Å². The number of methoxy groups -OCH3 is 1. The molecule has 6 heteroatoms. The van der Waals surface area contributed by atoms with Gasteiger partial charge >= 0.3 is 0 Å². The van der Waals surface area contributed by atoms with E-state index < -0.39 is 0 Å². The number of carbonyl (C=O) groups is 2. The summed E-state index contributed by atoms with van der Waals surface area (Å²) >= 11 is 0. The molecule has 2 N–H and O–H groups in total. The summed E-state index contributed by atoms with van der Waals surface area (Å²) in [5.74, 6) is 0.186. The number of carbonyl (C=O) groups excluding carboxylic acids is 2. The number of nitrogens with one attached hydrogen (secondary N) is 2. The first kappa shape index (κ1) is 16.6. The smallest absolute Gasteiger partial charge is 0.291 e. The minimum absolute atomic E-state index is 0.0962. The highest BCUT2D eigenvalue weighted by molar-refractivity contribution is 6.05. The van der Waals surface area contributed by atoms with Crippen LogP contribution in [0.25, 0.3) is 11.0 Å². The molecular weight excluding hydrogens is 320 g/mol. The second-order valence-electron chi connectivity index (χ2n) is 5.42. The van der Waals surface area contributed by atoms with Crippen LogP contribution in [-0.4, -0.2) is 18.9 Å². The number of hydrogen-bond acceptors (Lipinski definition) is 4. The molecule has 3 aromatic rings. The number of rotatable bonds is 5. The Kier molecular flexibility index (Phi) is 4.70. The lowest BCUT2D eigenvalue weighted by Crippen LogP contribution is -2.13. The summed E-state index contributed by atoms with van der Waals surface area (Å²) < 4.78 is 10.9. The maximum Gasteiger partial charge on any atom is 0.291 e. The van der Waals surface area contributed by atoms with E-state index >= 15 is 0 Å². The molecule has 128 valence electrons. The lowest BCUT2D eigenvalue weighted by molar-refractivity contribution is -0.115. The summed E-state index contributed by atoms with van der Waals surface area (Å²) in [4.78, 5) is 23.9. The van der Waals surface area contributed by atoms with Gasteiger partial charge in [-0.05, 0) is 24.3 Å². The molecule has 0 atom stereocenters. The van der Waals surface area contributed by atoms with Crippen LogP contribution in [0.5, 0.6) is 5.75 Å². The van der Waals surface area contributed by atoms with E-state index in [1.807, 2.05) is 18.2 Å². The Bertz CT molecular complexity index is 897. The molecular formula is C19H18N2O4. The third-order valence-corrected chi connectivity index (χ3v) is 3.70. The molecule has 0 spiro atoms. The molecule has 1 aromatic heterocycles. The average molecular weight is 338 g/mol. The zero-order valence-corrected chi connectivity index (χ0v) is 14.0. The number of anilines is 2. The summed E-state index contributed by atoms with van der Waals surface area (Å²) in [7, 11) is 1.50. The predicted octanol–water partition coefficient (Wildman–Crippen LogP) is 4.04. The van der Waals surface area contributed by atoms with Crippen molar-refractivity contribution in [2.24, 2.45) is 0 Å². The van der Waals surface area contributed by atoms with Gasteiger partial charge in [0.05, 0.1) is 12.8 Å². The van der Waals surface area contributed by atoms with E-state index in [1.54, 1.807) is 37.3 Å². The monoisotopic (exact) mass is 338 g/mol. The zero-order chi connectivity index (χ0) is 17.8. The van der Waals surface area contributed by atoms with Gasteiger partial charge in [-0.3, -0.25) is 9.59 Å². The number of furan rings is 1. The quantitative estimate of drug-likeness (QED) is 0.735. The minimum Gasteiger partial charge on any atom is -0.494 e. The first-order valence-electron chi connectivity index (χ1n) is 7.88. The number of fused-ring (bicyclic) bond motifs is 1. The third kappa shape index (κ3) is 3.63. The highest BCUT2D eigenvalue weighted by Gasteiger charge is 2.15. The van der Waals surface area contributed by atoms with E-state index in [4.69, 9.17) is 9.15 Å². The van der Waals surface area contributed by atoms with Gasteiger partial charge in [0.1, 0.15) is 11.3 Å². The first-order chi connectivity index (χ1) is 12.1. The fourth-order valence-electron chi connectivity index (χ4n) is 2.40. The van der Waals surface area contributed by atoms with Crippen molar-refractivity contribution in [2.75, 3.05) is 17.7 Å². The summed E-state index contributed by atoms with van der Waals surface area (Å²) in [5.41, 5.74) is 1.74. The van der Waals surface area contributed by atoms with Crippen molar-refractivity contribution in [3.05, 3.63) is 54.3 Å². The van der Waals surface area contributed by atoms with Gasteiger partial charge in [-0.15, -0.1) is 0 Å². The Morgan fingerprint density at radius 2 is 1.88 bits per heavy atom. The van der Waals surface area contributed by atoms with Crippen LogP contribution < -0.4 is 15.4 Å².